The lowest BCUT2D eigenvalue weighted by Crippen LogP contribution is -2.37. The minimum absolute atomic E-state index is 0.0933. The van der Waals surface area contributed by atoms with Crippen LogP contribution in [0.25, 0.3) is 6.08 Å². The summed E-state index contributed by atoms with van der Waals surface area (Å²) in [4.78, 5) is 38.0. The highest BCUT2D eigenvalue weighted by Gasteiger charge is 2.34. The van der Waals surface area contributed by atoms with Gasteiger partial charge in [-0.15, -0.1) is 0 Å². The van der Waals surface area contributed by atoms with E-state index in [1.54, 1.807) is 56.5 Å². The van der Waals surface area contributed by atoms with Gasteiger partial charge in [-0.25, -0.2) is 0 Å². The summed E-state index contributed by atoms with van der Waals surface area (Å²) in [5.74, 6) is 0.784. The number of methoxy groups -OCH3 is 1. The fraction of sp³-hybridized carbons (Fsp3) is 0.211. The quantitative estimate of drug-likeness (QED) is 0.768. The summed E-state index contributed by atoms with van der Waals surface area (Å²) in [6.45, 7) is 1.98. The van der Waals surface area contributed by atoms with E-state index in [-0.39, 0.29) is 35.9 Å². The Morgan fingerprint density at radius 1 is 1.22 bits per heavy atom. The van der Waals surface area contributed by atoms with Crippen LogP contribution >= 0.6 is 11.8 Å². The predicted octanol–water partition coefficient (Wildman–Crippen LogP) is 3.06. The van der Waals surface area contributed by atoms with Crippen LogP contribution in [0.2, 0.25) is 0 Å². The fourth-order valence-corrected chi connectivity index (χ4v) is 3.33. The molecular weight excluding hydrogens is 368 g/mol. The summed E-state index contributed by atoms with van der Waals surface area (Å²) >= 11 is 0.881. The molecule has 2 heterocycles. The largest absolute Gasteiger partial charge is 0.497 e. The molecular formula is C19H18N2O5S. The van der Waals surface area contributed by atoms with E-state index in [2.05, 4.69) is 5.32 Å². The van der Waals surface area contributed by atoms with Crippen LogP contribution in [0, 0.1) is 6.92 Å². The number of furan rings is 1. The van der Waals surface area contributed by atoms with Crippen LogP contribution in [-0.4, -0.2) is 42.2 Å². The number of hydrogen-bond acceptors (Lipinski definition) is 6. The SMILES string of the molecule is COc1ccc(C=C2SC(=O)N(CCNC(=O)c3ccc(C)o3)C2=O)cc1. The molecule has 1 N–H and O–H groups in total. The van der Waals surface area contributed by atoms with E-state index < -0.39 is 0 Å². The molecule has 3 rings (SSSR count). The number of amides is 3. The minimum Gasteiger partial charge on any atom is -0.497 e. The third kappa shape index (κ3) is 4.40. The predicted molar refractivity (Wildman–Crippen MR) is 101 cm³/mol. The second-order valence-electron chi connectivity index (χ2n) is 5.77. The molecule has 3 amide bonds. The maximum Gasteiger partial charge on any atom is 0.293 e. The number of rotatable bonds is 6. The number of imide groups is 1. The van der Waals surface area contributed by atoms with Gasteiger partial charge in [-0.1, -0.05) is 12.1 Å². The summed E-state index contributed by atoms with van der Waals surface area (Å²) in [7, 11) is 1.58. The molecule has 0 bridgehead atoms. The molecule has 2 aromatic rings. The highest BCUT2D eigenvalue weighted by atomic mass is 32.2. The average Bonchev–Trinajstić information content (AvgIpc) is 3.21. The number of nitrogens with one attached hydrogen (secondary N) is 1. The lowest BCUT2D eigenvalue weighted by molar-refractivity contribution is -0.122. The Morgan fingerprint density at radius 2 is 1.96 bits per heavy atom. The standard InChI is InChI=1S/C19H18N2O5S/c1-12-3-8-15(26-12)17(22)20-9-10-21-18(23)16(27-19(21)24)11-13-4-6-14(25-2)7-5-13/h3-8,11H,9-10H2,1-2H3,(H,20,22). The third-order valence-corrected chi connectivity index (χ3v) is 4.78. The lowest BCUT2D eigenvalue weighted by Gasteiger charge is -2.12. The highest BCUT2D eigenvalue weighted by Crippen LogP contribution is 2.32. The molecule has 0 unspecified atom stereocenters. The Bertz CT molecular complexity index is 901. The van der Waals surface area contributed by atoms with Gasteiger partial charge in [-0.05, 0) is 54.6 Å². The molecule has 0 saturated carbocycles. The maximum atomic E-state index is 12.5. The Hall–Kier alpha value is -3.00. The summed E-state index contributed by atoms with van der Waals surface area (Å²) in [6.07, 6.45) is 1.66. The highest BCUT2D eigenvalue weighted by molar-refractivity contribution is 8.18. The monoisotopic (exact) mass is 386 g/mol. The number of carbonyl (C=O) groups excluding carboxylic acids is 3. The van der Waals surface area contributed by atoms with E-state index >= 15 is 0 Å². The minimum atomic E-state index is -0.385. The zero-order chi connectivity index (χ0) is 19.4. The van der Waals surface area contributed by atoms with Crippen molar-refractivity contribution < 1.29 is 23.5 Å². The molecule has 7 nitrogen and oxygen atoms in total. The van der Waals surface area contributed by atoms with Gasteiger partial charge >= 0.3 is 0 Å². The second-order valence-corrected chi connectivity index (χ2v) is 6.77. The number of thioether (sulfide) groups is 1. The van der Waals surface area contributed by atoms with E-state index in [0.717, 1.165) is 22.2 Å². The van der Waals surface area contributed by atoms with Crippen LogP contribution in [0.15, 0.2) is 45.7 Å². The van der Waals surface area contributed by atoms with Crippen molar-refractivity contribution in [3.8, 4) is 5.75 Å². The number of carbonyl (C=O) groups is 3. The first-order valence-electron chi connectivity index (χ1n) is 8.22. The number of ether oxygens (including phenoxy) is 1. The zero-order valence-corrected chi connectivity index (χ0v) is 15.7. The molecule has 27 heavy (non-hydrogen) atoms. The van der Waals surface area contributed by atoms with Crippen LogP contribution in [0.1, 0.15) is 21.9 Å². The van der Waals surface area contributed by atoms with E-state index in [4.69, 9.17) is 9.15 Å². The van der Waals surface area contributed by atoms with Crippen molar-refractivity contribution in [1.82, 2.24) is 10.2 Å². The fourth-order valence-electron chi connectivity index (χ4n) is 2.47. The first-order valence-corrected chi connectivity index (χ1v) is 9.03. The zero-order valence-electron chi connectivity index (χ0n) is 14.9. The van der Waals surface area contributed by atoms with Gasteiger partial charge in [0.15, 0.2) is 5.76 Å². The molecule has 1 aliphatic rings. The van der Waals surface area contributed by atoms with Crippen molar-refractivity contribution in [2.45, 2.75) is 6.92 Å². The average molecular weight is 386 g/mol. The van der Waals surface area contributed by atoms with Crippen LogP contribution < -0.4 is 10.1 Å². The summed E-state index contributed by atoms with van der Waals surface area (Å²) in [6, 6.07) is 10.4. The van der Waals surface area contributed by atoms with Crippen molar-refractivity contribution in [1.29, 1.82) is 0 Å². The van der Waals surface area contributed by atoms with Gasteiger partial charge in [0.1, 0.15) is 11.5 Å². The van der Waals surface area contributed by atoms with Crippen LogP contribution in [0.3, 0.4) is 0 Å². The Kier molecular flexibility index (Phi) is 5.66. The van der Waals surface area contributed by atoms with Crippen molar-refractivity contribution in [2.24, 2.45) is 0 Å². The third-order valence-electron chi connectivity index (χ3n) is 3.87. The number of benzene rings is 1. The molecule has 1 fully saturated rings. The second kappa shape index (κ2) is 8.13. The maximum absolute atomic E-state index is 12.5. The molecule has 1 aliphatic heterocycles. The Morgan fingerprint density at radius 3 is 2.59 bits per heavy atom. The Balaban J connectivity index is 1.58. The van der Waals surface area contributed by atoms with Crippen LogP contribution in [0.5, 0.6) is 5.75 Å². The molecule has 0 spiro atoms. The topological polar surface area (TPSA) is 88.8 Å². The Labute approximate surface area is 160 Å². The number of aryl methyl sites for hydroxylation is 1. The molecule has 1 saturated heterocycles. The van der Waals surface area contributed by atoms with E-state index in [9.17, 15) is 14.4 Å². The molecule has 140 valence electrons. The van der Waals surface area contributed by atoms with Crippen molar-refractivity contribution in [3.63, 3.8) is 0 Å². The molecule has 0 aliphatic carbocycles. The number of nitrogens with zero attached hydrogens (tertiary/aromatic N) is 1. The van der Waals surface area contributed by atoms with Crippen LogP contribution in [0.4, 0.5) is 4.79 Å². The normalized spacial score (nSPS) is 15.5. The summed E-state index contributed by atoms with van der Waals surface area (Å²) in [5, 5.41) is 2.28. The van der Waals surface area contributed by atoms with Gasteiger partial charge in [0.2, 0.25) is 0 Å². The van der Waals surface area contributed by atoms with Crippen molar-refractivity contribution in [2.75, 3.05) is 20.2 Å². The van der Waals surface area contributed by atoms with Gasteiger partial charge in [-0.2, -0.15) is 0 Å². The van der Waals surface area contributed by atoms with E-state index in [0.29, 0.717) is 16.4 Å². The summed E-state index contributed by atoms with van der Waals surface area (Å²) < 4.78 is 10.3. The van der Waals surface area contributed by atoms with Crippen molar-refractivity contribution in [3.05, 3.63) is 58.4 Å². The molecule has 8 heteroatoms. The lowest BCUT2D eigenvalue weighted by atomic mass is 10.2. The van der Waals surface area contributed by atoms with Gasteiger partial charge in [0.05, 0.1) is 12.0 Å². The first-order chi connectivity index (χ1) is 13.0. The summed E-state index contributed by atoms with van der Waals surface area (Å²) in [5.41, 5.74) is 0.794. The van der Waals surface area contributed by atoms with Gasteiger partial charge in [0.25, 0.3) is 17.1 Å². The molecule has 1 aromatic heterocycles. The smallest absolute Gasteiger partial charge is 0.293 e. The van der Waals surface area contributed by atoms with Gasteiger partial charge in [-0.3, -0.25) is 19.3 Å². The molecule has 0 atom stereocenters. The first kappa shape index (κ1) is 18.8. The van der Waals surface area contributed by atoms with E-state index in [1.165, 1.54) is 0 Å². The van der Waals surface area contributed by atoms with Gasteiger partial charge in [0, 0.05) is 13.1 Å². The van der Waals surface area contributed by atoms with Gasteiger partial charge < -0.3 is 14.5 Å². The molecule has 1 aromatic carbocycles. The molecule has 0 radical (unpaired) electrons. The van der Waals surface area contributed by atoms with Crippen LogP contribution in [-0.2, 0) is 4.79 Å². The number of hydrogen-bond donors (Lipinski definition) is 1. The van der Waals surface area contributed by atoms with E-state index in [1.807, 2.05) is 0 Å². The van der Waals surface area contributed by atoms with Crippen molar-refractivity contribution >= 4 is 34.9 Å².